The van der Waals surface area contributed by atoms with Crippen LogP contribution >= 0.6 is 0 Å². The zero-order valence-corrected chi connectivity index (χ0v) is 10.5. The number of esters is 1. The third-order valence-electron chi connectivity index (χ3n) is 2.81. The molecule has 16 heavy (non-hydrogen) atoms. The van der Waals surface area contributed by atoms with Gasteiger partial charge in [0.05, 0.1) is 6.61 Å². The Labute approximate surface area is 96.7 Å². The first-order chi connectivity index (χ1) is 7.40. The summed E-state index contributed by atoms with van der Waals surface area (Å²) < 4.78 is 4.68. The summed E-state index contributed by atoms with van der Waals surface area (Å²) >= 11 is 0. The van der Waals surface area contributed by atoms with Gasteiger partial charge in [-0.3, -0.25) is 4.79 Å². The molecule has 0 saturated carbocycles. The molecule has 1 unspecified atom stereocenters. The van der Waals surface area contributed by atoms with Crippen molar-refractivity contribution in [2.75, 3.05) is 6.61 Å². The molecule has 0 spiro atoms. The van der Waals surface area contributed by atoms with Crippen LogP contribution < -0.4 is 11.1 Å². The van der Waals surface area contributed by atoms with Gasteiger partial charge in [0.25, 0.3) is 0 Å². The van der Waals surface area contributed by atoms with Crippen molar-refractivity contribution in [3.63, 3.8) is 0 Å². The van der Waals surface area contributed by atoms with Gasteiger partial charge in [0.15, 0.2) is 6.04 Å². The molecular formula is C11H22N2O3. The molecule has 0 aromatic rings. The van der Waals surface area contributed by atoms with E-state index in [1.54, 1.807) is 6.92 Å². The number of nitrogens with one attached hydrogen (secondary N) is 1. The maximum Gasteiger partial charge on any atom is 0.332 e. The van der Waals surface area contributed by atoms with Crippen LogP contribution in [0.4, 0.5) is 0 Å². The fraction of sp³-hybridized carbons (Fsp3) is 0.818. The van der Waals surface area contributed by atoms with Crippen molar-refractivity contribution in [2.45, 2.75) is 52.1 Å². The molecule has 94 valence electrons. The van der Waals surface area contributed by atoms with Crippen LogP contribution in [0.25, 0.3) is 0 Å². The summed E-state index contributed by atoms with van der Waals surface area (Å²) in [5.41, 5.74) is 5.16. The van der Waals surface area contributed by atoms with Crippen molar-refractivity contribution in [1.82, 2.24) is 5.32 Å². The van der Waals surface area contributed by atoms with Gasteiger partial charge < -0.3 is 15.8 Å². The molecule has 0 bridgehead atoms. The van der Waals surface area contributed by atoms with E-state index in [4.69, 9.17) is 5.73 Å². The lowest BCUT2D eigenvalue weighted by Crippen LogP contribution is -2.54. The maximum atomic E-state index is 11.7. The van der Waals surface area contributed by atoms with Gasteiger partial charge in [-0.2, -0.15) is 0 Å². The summed E-state index contributed by atoms with van der Waals surface area (Å²) in [6, 6.07) is -1.24. The second-order valence-corrected chi connectivity index (χ2v) is 3.99. The Hall–Kier alpha value is -1.10. The average Bonchev–Trinajstić information content (AvgIpc) is 2.28. The van der Waals surface area contributed by atoms with Crippen LogP contribution in [0, 0.1) is 0 Å². The number of amides is 1. The van der Waals surface area contributed by atoms with Crippen LogP contribution in [-0.2, 0) is 14.3 Å². The fourth-order valence-electron chi connectivity index (χ4n) is 1.14. The Morgan fingerprint density at radius 1 is 1.31 bits per heavy atom. The van der Waals surface area contributed by atoms with Crippen LogP contribution in [0.5, 0.6) is 0 Å². The van der Waals surface area contributed by atoms with Gasteiger partial charge in [-0.05, 0) is 26.7 Å². The molecule has 5 heteroatoms. The van der Waals surface area contributed by atoms with Crippen LogP contribution in [0.1, 0.15) is 40.5 Å². The third kappa shape index (κ3) is 4.18. The van der Waals surface area contributed by atoms with Crippen molar-refractivity contribution in [2.24, 2.45) is 5.73 Å². The highest BCUT2D eigenvalue weighted by atomic mass is 16.5. The normalized spacial score (nSPS) is 13.1. The monoisotopic (exact) mass is 230 g/mol. The number of hydrogen-bond acceptors (Lipinski definition) is 4. The topological polar surface area (TPSA) is 81.4 Å². The summed E-state index contributed by atoms with van der Waals surface area (Å²) in [6.07, 6.45) is 1.57. The van der Waals surface area contributed by atoms with Gasteiger partial charge in [0, 0.05) is 5.54 Å². The first-order valence-electron chi connectivity index (χ1n) is 5.64. The van der Waals surface area contributed by atoms with Crippen molar-refractivity contribution in [3.05, 3.63) is 0 Å². The van der Waals surface area contributed by atoms with Crippen molar-refractivity contribution in [1.29, 1.82) is 0 Å². The molecule has 0 saturated heterocycles. The molecule has 1 atom stereocenters. The van der Waals surface area contributed by atoms with Gasteiger partial charge in [-0.1, -0.05) is 13.8 Å². The maximum absolute atomic E-state index is 11.7. The van der Waals surface area contributed by atoms with E-state index < -0.39 is 17.9 Å². The summed E-state index contributed by atoms with van der Waals surface area (Å²) in [4.78, 5) is 22.9. The molecule has 0 heterocycles. The molecule has 0 fully saturated rings. The van der Waals surface area contributed by atoms with Crippen LogP contribution in [0.3, 0.4) is 0 Å². The predicted molar refractivity (Wildman–Crippen MR) is 61.7 cm³/mol. The molecule has 0 aliphatic rings. The summed E-state index contributed by atoms with van der Waals surface area (Å²) in [5.74, 6) is -1.17. The highest BCUT2D eigenvalue weighted by molar-refractivity contribution is 6.01. The van der Waals surface area contributed by atoms with Crippen LogP contribution in [0.15, 0.2) is 0 Å². The lowest BCUT2D eigenvalue weighted by atomic mass is 9.95. The predicted octanol–water partition coefficient (Wildman–Crippen LogP) is 0.572. The minimum Gasteiger partial charge on any atom is -0.464 e. The van der Waals surface area contributed by atoms with Gasteiger partial charge in [0.2, 0.25) is 5.91 Å². The molecule has 0 radical (unpaired) electrons. The zero-order chi connectivity index (χ0) is 12.8. The number of hydrogen-bond donors (Lipinski definition) is 2. The molecule has 0 aromatic carbocycles. The van der Waals surface area contributed by atoms with E-state index in [2.05, 4.69) is 10.1 Å². The largest absolute Gasteiger partial charge is 0.464 e. The van der Waals surface area contributed by atoms with Crippen LogP contribution in [-0.4, -0.2) is 30.1 Å². The summed E-state index contributed by atoms with van der Waals surface area (Å²) in [6.45, 7) is 7.76. The van der Waals surface area contributed by atoms with E-state index in [0.29, 0.717) is 0 Å². The smallest absolute Gasteiger partial charge is 0.332 e. The summed E-state index contributed by atoms with van der Waals surface area (Å²) in [7, 11) is 0. The number of ether oxygens (including phenoxy) is 1. The van der Waals surface area contributed by atoms with Gasteiger partial charge in [-0.25, -0.2) is 4.79 Å². The quantitative estimate of drug-likeness (QED) is 0.516. The lowest BCUT2D eigenvalue weighted by Gasteiger charge is -2.29. The minimum absolute atomic E-state index is 0.221. The second kappa shape index (κ2) is 6.48. The van der Waals surface area contributed by atoms with E-state index in [1.165, 1.54) is 0 Å². The molecule has 0 rings (SSSR count). The first kappa shape index (κ1) is 14.9. The number of carbonyl (C=O) groups excluding carboxylic acids is 2. The van der Waals surface area contributed by atoms with Crippen LogP contribution in [0.2, 0.25) is 0 Å². The minimum atomic E-state index is -1.24. The van der Waals surface area contributed by atoms with E-state index in [-0.39, 0.29) is 12.1 Å². The number of carbonyl (C=O) groups is 2. The molecular weight excluding hydrogens is 208 g/mol. The Kier molecular flexibility index (Phi) is 6.03. The molecule has 0 aliphatic carbocycles. The lowest BCUT2D eigenvalue weighted by molar-refractivity contribution is -0.148. The van der Waals surface area contributed by atoms with Crippen molar-refractivity contribution in [3.8, 4) is 0 Å². The van der Waals surface area contributed by atoms with Crippen molar-refractivity contribution < 1.29 is 14.3 Å². The van der Waals surface area contributed by atoms with Gasteiger partial charge >= 0.3 is 5.97 Å². The van der Waals surface area contributed by atoms with E-state index in [9.17, 15) is 9.59 Å². The Morgan fingerprint density at radius 3 is 2.19 bits per heavy atom. The zero-order valence-electron chi connectivity index (χ0n) is 10.5. The fourth-order valence-corrected chi connectivity index (χ4v) is 1.14. The molecule has 0 aliphatic heterocycles. The van der Waals surface area contributed by atoms with Crippen molar-refractivity contribution >= 4 is 11.9 Å². The van der Waals surface area contributed by atoms with Gasteiger partial charge in [-0.15, -0.1) is 0 Å². The Balaban J connectivity index is 4.40. The molecule has 3 N–H and O–H groups in total. The van der Waals surface area contributed by atoms with E-state index in [1.807, 2.05) is 20.8 Å². The highest BCUT2D eigenvalue weighted by Gasteiger charge is 2.29. The number of rotatable bonds is 6. The number of nitrogens with two attached hydrogens (primary N) is 1. The van der Waals surface area contributed by atoms with E-state index in [0.717, 1.165) is 12.8 Å². The Morgan fingerprint density at radius 2 is 1.81 bits per heavy atom. The molecule has 1 amide bonds. The highest BCUT2D eigenvalue weighted by Crippen LogP contribution is 2.13. The molecule has 0 aromatic heterocycles. The third-order valence-corrected chi connectivity index (χ3v) is 2.81. The second-order valence-electron chi connectivity index (χ2n) is 3.99. The van der Waals surface area contributed by atoms with E-state index >= 15 is 0 Å². The van der Waals surface area contributed by atoms with Gasteiger partial charge in [0.1, 0.15) is 0 Å². The molecule has 5 nitrogen and oxygen atoms in total. The SMILES string of the molecule is CCOC(=O)C(N)C(=O)NC(C)(CC)CC. The summed E-state index contributed by atoms with van der Waals surface area (Å²) in [5, 5.41) is 2.77. The first-order valence-corrected chi connectivity index (χ1v) is 5.64. The standard InChI is InChI=1S/C11H22N2O3/c1-5-11(4,6-2)13-9(14)8(12)10(15)16-7-3/h8H,5-7,12H2,1-4H3,(H,13,14). The Bertz CT molecular complexity index is 250. The average molecular weight is 230 g/mol.